The van der Waals surface area contributed by atoms with Crippen LogP contribution in [0.3, 0.4) is 0 Å². The fourth-order valence-corrected chi connectivity index (χ4v) is 1.76. The third-order valence-corrected chi connectivity index (χ3v) is 2.80. The zero-order valence-corrected chi connectivity index (χ0v) is 11.1. The van der Waals surface area contributed by atoms with Crippen LogP contribution < -0.4 is 10.1 Å². The van der Waals surface area contributed by atoms with Crippen molar-refractivity contribution in [2.24, 2.45) is 0 Å². The third-order valence-electron chi connectivity index (χ3n) is 2.18. The van der Waals surface area contributed by atoms with E-state index in [2.05, 4.69) is 21.2 Å². The summed E-state index contributed by atoms with van der Waals surface area (Å²) in [4.78, 5) is 21.5. The smallest absolute Gasteiger partial charge is 0.219 e. The van der Waals surface area contributed by atoms with E-state index >= 15 is 0 Å². The summed E-state index contributed by atoms with van der Waals surface area (Å²) in [5.74, 6) is 0.677. The van der Waals surface area contributed by atoms with Gasteiger partial charge in [-0.2, -0.15) is 0 Å². The van der Waals surface area contributed by atoms with Crippen LogP contribution in [0.15, 0.2) is 22.7 Å². The number of halogens is 1. The van der Waals surface area contributed by atoms with Crippen LogP contribution in [0.2, 0.25) is 0 Å². The molecule has 0 saturated heterocycles. The molecule has 17 heavy (non-hydrogen) atoms. The number of rotatable bonds is 6. The molecule has 92 valence electrons. The van der Waals surface area contributed by atoms with Crippen molar-refractivity contribution in [1.82, 2.24) is 5.32 Å². The maximum atomic E-state index is 11.0. The Morgan fingerprint density at radius 1 is 1.53 bits per heavy atom. The Bertz CT molecular complexity index is 407. The molecule has 1 aromatic carbocycles. The molecule has 0 aliphatic carbocycles. The Hall–Kier alpha value is -1.36. The standard InChI is InChI=1S/C12H14BrNO3/c1-14-12(16)3-2-6-17-11-5-4-9(8-15)7-10(11)13/h4-5,7-8H,2-3,6H2,1H3,(H,14,16). The summed E-state index contributed by atoms with van der Waals surface area (Å²) >= 11 is 3.32. The molecular formula is C12H14BrNO3. The molecule has 5 heteroatoms. The lowest BCUT2D eigenvalue weighted by Gasteiger charge is -2.08. The molecule has 0 fully saturated rings. The molecule has 0 spiro atoms. The van der Waals surface area contributed by atoms with E-state index in [4.69, 9.17) is 4.74 Å². The highest BCUT2D eigenvalue weighted by Gasteiger charge is 2.03. The zero-order chi connectivity index (χ0) is 12.7. The maximum absolute atomic E-state index is 11.0. The molecule has 0 aromatic heterocycles. The van der Waals surface area contributed by atoms with Crippen LogP contribution in [-0.4, -0.2) is 25.8 Å². The molecule has 0 aliphatic rings. The van der Waals surface area contributed by atoms with E-state index in [1.807, 2.05) is 0 Å². The Morgan fingerprint density at radius 2 is 2.29 bits per heavy atom. The molecule has 0 aliphatic heterocycles. The average molecular weight is 300 g/mol. The first-order chi connectivity index (χ1) is 8.17. The molecule has 0 atom stereocenters. The van der Waals surface area contributed by atoms with Crippen molar-refractivity contribution in [2.45, 2.75) is 12.8 Å². The summed E-state index contributed by atoms with van der Waals surface area (Å²) < 4.78 is 6.23. The van der Waals surface area contributed by atoms with E-state index in [1.165, 1.54) is 0 Å². The maximum Gasteiger partial charge on any atom is 0.219 e. The minimum Gasteiger partial charge on any atom is -0.492 e. The van der Waals surface area contributed by atoms with Crippen molar-refractivity contribution in [3.63, 3.8) is 0 Å². The number of carbonyl (C=O) groups excluding carboxylic acids is 2. The molecule has 0 saturated carbocycles. The van der Waals surface area contributed by atoms with E-state index in [0.717, 1.165) is 10.8 Å². The first kappa shape index (κ1) is 13.7. The highest BCUT2D eigenvalue weighted by atomic mass is 79.9. The van der Waals surface area contributed by atoms with E-state index in [-0.39, 0.29) is 5.91 Å². The second-order valence-electron chi connectivity index (χ2n) is 3.43. The molecule has 1 N–H and O–H groups in total. The van der Waals surface area contributed by atoms with Gasteiger partial charge in [-0.1, -0.05) is 0 Å². The number of benzene rings is 1. The monoisotopic (exact) mass is 299 g/mol. The molecule has 1 aromatic rings. The Balaban J connectivity index is 2.41. The Labute approximate surface area is 108 Å². The van der Waals surface area contributed by atoms with Gasteiger partial charge < -0.3 is 10.1 Å². The summed E-state index contributed by atoms with van der Waals surface area (Å²) in [6.07, 6.45) is 1.88. The van der Waals surface area contributed by atoms with Gasteiger partial charge in [-0.05, 0) is 40.5 Å². The van der Waals surface area contributed by atoms with Gasteiger partial charge in [0, 0.05) is 19.0 Å². The first-order valence-electron chi connectivity index (χ1n) is 5.25. The van der Waals surface area contributed by atoms with E-state index in [9.17, 15) is 9.59 Å². The largest absolute Gasteiger partial charge is 0.492 e. The molecule has 1 rings (SSSR count). The predicted octanol–water partition coefficient (Wildman–Crippen LogP) is 2.17. The van der Waals surface area contributed by atoms with Crippen molar-refractivity contribution >= 4 is 28.1 Å². The van der Waals surface area contributed by atoms with Crippen LogP contribution in [0.1, 0.15) is 23.2 Å². The molecule has 0 unspecified atom stereocenters. The highest BCUT2D eigenvalue weighted by Crippen LogP contribution is 2.25. The SMILES string of the molecule is CNC(=O)CCCOc1ccc(C=O)cc1Br. The van der Waals surface area contributed by atoms with Gasteiger partial charge in [-0.15, -0.1) is 0 Å². The summed E-state index contributed by atoms with van der Waals surface area (Å²) in [6.45, 7) is 0.465. The third kappa shape index (κ3) is 4.56. The van der Waals surface area contributed by atoms with Gasteiger partial charge in [0.1, 0.15) is 12.0 Å². The van der Waals surface area contributed by atoms with Gasteiger partial charge in [0.2, 0.25) is 5.91 Å². The topological polar surface area (TPSA) is 55.4 Å². The fraction of sp³-hybridized carbons (Fsp3) is 0.333. The summed E-state index contributed by atoms with van der Waals surface area (Å²) in [5.41, 5.74) is 0.592. The van der Waals surface area contributed by atoms with Crippen molar-refractivity contribution in [2.75, 3.05) is 13.7 Å². The molecule has 0 bridgehead atoms. The van der Waals surface area contributed by atoms with E-state index in [0.29, 0.717) is 30.8 Å². The van der Waals surface area contributed by atoms with Crippen LogP contribution in [0, 0.1) is 0 Å². The summed E-state index contributed by atoms with van der Waals surface area (Å²) in [5, 5.41) is 2.55. The van der Waals surface area contributed by atoms with Gasteiger partial charge in [-0.3, -0.25) is 9.59 Å². The first-order valence-corrected chi connectivity index (χ1v) is 6.04. The van der Waals surface area contributed by atoms with Crippen molar-refractivity contribution < 1.29 is 14.3 Å². The lowest BCUT2D eigenvalue weighted by Crippen LogP contribution is -2.18. The quantitative estimate of drug-likeness (QED) is 0.647. The number of aldehydes is 1. The zero-order valence-electron chi connectivity index (χ0n) is 9.53. The Kier molecular flexibility index (Phi) is 5.69. The van der Waals surface area contributed by atoms with Gasteiger partial charge in [-0.25, -0.2) is 0 Å². The summed E-state index contributed by atoms with van der Waals surface area (Å²) in [6, 6.07) is 5.11. The fourth-order valence-electron chi connectivity index (χ4n) is 1.25. The van der Waals surface area contributed by atoms with E-state index < -0.39 is 0 Å². The number of hydrogen-bond donors (Lipinski definition) is 1. The molecule has 0 heterocycles. The van der Waals surface area contributed by atoms with Crippen LogP contribution in [0.4, 0.5) is 0 Å². The minimum absolute atomic E-state index is 0.00367. The van der Waals surface area contributed by atoms with Crippen LogP contribution in [0.25, 0.3) is 0 Å². The highest BCUT2D eigenvalue weighted by molar-refractivity contribution is 9.10. The molecule has 0 radical (unpaired) electrons. The van der Waals surface area contributed by atoms with Gasteiger partial charge in [0.25, 0.3) is 0 Å². The normalized spacial score (nSPS) is 9.76. The average Bonchev–Trinajstić information content (AvgIpc) is 2.35. The molecule has 4 nitrogen and oxygen atoms in total. The lowest BCUT2D eigenvalue weighted by molar-refractivity contribution is -0.120. The number of carbonyl (C=O) groups is 2. The number of hydrogen-bond acceptors (Lipinski definition) is 3. The van der Waals surface area contributed by atoms with Gasteiger partial charge in [0.05, 0.1) is 11.1 Å². The van der Waals surface area contributed by atoms with Gasteiger partial charge >= 0.3 is 0 Å². The Morgan fingerprint density at radius 3 is 2.88 bits per heavy atom. The number of ether oxygens (including phenoxy) is 1. The minimum atomic E-state index is 0.00367. The second-order valence-corrected chi connectivity index (χ2v) is 4.29. The second kappa shape index (κ2) is 7.06. The summed E-state index contributed by atoms with van der Waals surface area (Å²) in [7, 11) is 1.61. The van der Waals surface area contributed by atoms with Crippen molar-refractivity contribution in [1.29, 1.82) is 0 Å². The van der Waals surface area contributed by atoms with Crippen LogP contribution in [0.5, 0.6) is 5.75 Å². The lowest BCUT2D eigenvalue weighted by atomic mass is 10.2. The predicted molar refractivity (Wildman–Crippen MR) is 68.3 cm³/mol. The molecule has 1 amide bonds. The molecular weight excluding hydrogens is 286 g/mol. The van der Waals surface area contributed by atoms with Crippen LogP contribution >= 0.6 is 15.9 Å². The van der Waals surface area contributed by atoms with Crippen molar-refractivity contribution in [3.05, 3.63) is 28.2 Å². The number of amides is 1. The number of nitrogens with one attached hydrogen (secondary N) is 1. The van der Waals surface area contributed by atoms with E-state index in [1.54, 1.807) is 25.2 Å². The van der Waals surface area contributed by atoms with Crippen molar-refractivity contribution in [3.8, 4) is 5.75 Å². The van der Waals surface area contributed by atoms with Gasteiger partial charge in [0.15, 0.2) is 0 Å². The van der Waals surface area contributed by atoms with Crippen LogP contribution in [-0.2, 0) is 4.79 Å².